The molecule has 0 aromatic heterocycles. The second-order valence-corrected chi connectivity index (χ2v) is 4.51. The molecule has 5 heteroatoms. The molecular formula is C13H15BrO4. The van der Waals surface area contributed by atoms with Gasteiger partial charge in [0.2, 0.25) is 0 Å². The first-order chi connectivity index (χ1) is 8.58. The van der Waals surface area contributed by atoms with Crippen LogP contribution < -0.4 is 0 Å². The third kappa shape index (κ3) is 4.14. The van der Waals surface area contributed by atoms with Crippen molar-refractivity contribution in [2.24, 2.45) is 0 Å². The molecule has 0 amide bonds. The molecule has 0 aliphatic heterocycles. The van der Waals surface area contributed by atoms with Gasteiger partial charge in [-0.1, -0.05) is 34.1 Å². The summed E-state index contributed by atoms with van der Waals surface area (Å²) in [7, 11) is 2.72. The number of hydrogen-bond acceptors (Lipinski definition) is 4. The average molecular weight is 315 g/mol. The van der Waals surface area contributed by atoms with Crippen LogP contribution in [0.4, 0.5) is 0 Å². The minimum absolute atomic E-state index is 0.211. The van der Waals surface area contributed by atoms with Crippen LogP contribution in [0.15, 0.2) is 22.7 Å². The van der Waals surface area contributed by atoms with Crippen LogP contribution in [0.2, 0.25) is 0 Å². The van der Waals surface area contributed by atoms with Gasteiger partial charge in [0, 0.05) is 10.9 Å². The van der Waals surface area contributed by atoms with E-state index in [-0.39, 0.29) is 18.4 Å². The van der Waals surface area contributed by atoms with E-state index in [0.29, 0.717) is 12.8 Å². The lowest BCUT2D eigenvalue weighted by Crippen LogP contribution is -2.07. The number of rotatable bonds is 5. The van der Waals surface area contributed by atoms with Crippen LogP contribution >= 0.6 is 15.9 Å². The first kappa shape index (κ1) is 14.7. The van der Waals surface area contributed by atoms with Crippen molar-refractivity contribution in [3.63, 3.8) is 0 Å². The number of aryl methyl sites for hydroxylation is 1. The lowest BCUT2D eigenvalue weighted by atomic mass is 10.0. The molecule has 1 rings (SSSR count). The molecule has 1 aromatic rings. The van der Waals surface area contributed by atoms with Gasteiger partial charge in [0.05, 0.1) is 20.6 Å². The Morgan fingerprint density at radius 1 is 1.11 bits per heavy atom. The van der Waals surface area contributed by atoms with Gasteiger partial charge in [-0.05, 0) is 17.5 Å². The maximum absolute atomic E-state index is 11.2. The highest BCUT2D eigenvalue weighted by atomic mass is 79.9. The number of carbonyl (C=O) groups excluding carboxylic acids is 2. The van der Waals surface area contributed by atoms with E-state index >= 15 is 0 Å². The highest BCUT2D eigenvalue weighted by Gasteiger charge is 2.11. The molecule has 0 spiro atoms. The van der Waals surface area contributed by atoms with E-state index in [9.17, 15) is 9.59 Å². The smallest absolute Gasteiger partial charge is 0.310 e. The topological polar surface area (TPSA) is 52.6 Å². The number of benzene rings is 1. The zero-order valence-electron chi connectivity index (χ0n) is 10.4. The first-order valence-corrected chi connectivity index (χ1v) is 6.27. The predicted molar refractivity (Wildman–Crippen MR) is 70.2 cm³/mol. The standard InChI is InChI=1S/C13H15BrO4/c1-17-11(15)7-6-9-4-3-5-10(13(9)14)8-12(16)18-2/h3-5H,6-8H2,1-2H3. The molecule has 0 N–H and O–H groups in total. The number of ether oxygens (including phenoxy) is 2. The number of methoxy groups -OCH3 is 2. The van der Waals surface area contributed by atoms with Crippen molar-refractivity contribution in [3.05, 3.63) is 33.8 Å². The number of hydrogen-bond donors (Lipinski definition) is 0. The van der Waals surface area contributed by atoms with Crippen molar-refractivity contribution < 1.29 is 19.1 Å². The highest BCUT2D eigenvalue weighted by Crippen LogP contribution is 2.24. The van der Waals surface area contributed by atoms with Crippen molar-refractivity contribution in [2.45, 2.75) is 19.3 Å². The fraction of sp³-hybridized carbons (Fsp3) is 0.385. The molecule has 0 radical (unpaired) electrons. The van der Waals surface area contributed by atoms with Gasteiger partial charge < -0.3 is 9.47 Å². The SMILES string of the molecule is COC(=O)CCc1cccc(CC(=O)OC)c1Br. The Morgan fingerprint density at radius 3 is 2.33 bits per heavy atom. The Balaban J connectivity index is 2.78. The lowest BCUT2D eigenvalue weighted by molar-refractivity contribution is -0.141. The van der Waals surface area contributed by atoms with Crippen molar-refractivity contribution in [1.29, 1.82) is 0 Å². The van der Waals surface area contributed by atoms with E-state index in [4.69, 9.17) is 0 Å². The summed E-state index contributed by atoms with van der Waals surface area (Å²) in [6.07, 6.45) is 1.10. The zero-order chi connectivity index (χ0) is 13.5. The number of carbonyl (C=O) groups is 2. The Bertz CT molecular complexity index is 443. The average Bonchev–Trinajstić information content (AvgIpc) is 2.39. The summed E-state index contributed by atoms with van der Waals surface area (Å²) in [6, 6.07) is 5.62. The summed E-state index contributed by atoms with van der Waals surface area (Å²) in [4.78, 5) is 22.3. The summed E-state index contributed by atoms with van der Waals surface area (Å²) in [5.41, 5.74) is 1.83. The molecule has 0 bridgehead atoms. The first-order valence-electron chi connectivity index (χ1n) is 5.48. The summed E-state index contributed by atoms with van der Waals surface area (Å²) < 4.78 is 10.1. The normalized spacial score (nSPS) is 9.94. The molecular weight excluding hydrogens is 300 g/mol. The summed E-state index contributed by atoms with van der Waals surface area (Å²) in [6.45, 7) is 0. The molecule has 1 aromatic carbocycles. The van der Waals surface area contributed by atoms with Gasteiger partial charge in [-0.3, -0.25) is 9.59 Å². The van der Waals surface area contributed by atoms with E-state index in [2.05, 4.69) is 25.4 Å². The molecule has 0 atom stereocenters. The summed E-state index contributed by atoms with van der Waals surface area (Å²) >= 11 is 3.45. The third-order valence-electron chi connectivity index (χ3n) is 2.55. The van der Waals surface area contributed by atoms with Crippen molar-refractivity contribution in [2.75, 3.05) is 14.2 Å². The largest absolute Gasteiger partial charge is 0.469 e. The van der Waals surface area contributed by atoms with Gasteiger partial charge in [0.25, 0.3) is 0 Å². The Labute approximate surface area is 114 Å². The van der Waals surface area contributed by atoms with Crippen molar-refractivity contribution in [1.82, 2.24) is 0 Å². The van der Waals surface area contributed by atoms with Crippen LogP contribution in [0.1, 0.15) is 17.5 Å². The fourth-order valence-corrected chi connectivity index (χ4v) is 2.13. The molecule has 0 saturated heterocycles. The van der Waals surface area contributed by atoms with Crippen LogP contribution in [0.25, 0.3) is 0 Å². The van der Waals surface area contributed by atoms with Crippen LogP contribution in [0, 0.1) is 0 Å². The Kier molecular flexibility index (Phi) is 5.85. The molecule has 0 aliphatic carbocycles. The Morgan fingerprint density at radius 2 is 1.72 bits per heavy atom. The second kappa shape index (κ2) is 7.16. The summed E-state index contributed by atoms with van der Waals surface area (Å²) in [5, 5.41) is 0. The van der Waals surface area contributed by atoms with E-state index in [0.717, 1.165) is 15.6 Å². The maximum Gasteiger partial charge on any atom is 0.310 e. The van der Waals surface area contributed by atoms with Crippen LogP contribution in [0.3, 0.4) is 0 Å². The van der Waals surface area contributed by atoms with Crippen molar-refractivity contribution in [3.8, 4) is 0 Å². The number of esters is 2. The van der Waals surface area contributed by atoms with Gasteiger partial charge >= 0.3 is 11.9 Å². The summed E-state index contributed by atoms with van der Waals surface area (Å²) in [5.74, 6) is -0.541. The van der Waals surface area contributed by atoms with E-state index < -0.39 is 0 Å². The maximum atomic E-state index is 11.2. The molecule has 0 fully saturated rings. The quantitative estimate of drug-likeness (QED) is 0.782. The minimum Gasteiger partial charge on any atom is -0.469 e. The molecule has 98 valence electrons. The predicted octanol–water partition coefficient (Wildman–Crippen LogP) is 2.27. The molecule has 18 heavy (non-hydrogen) atoms. The van der Waals surface area contributed by atoms with Gasteiger partial charge in [-0.25, -0.2) is 0 Å². The van der Waals surface area contributed by atoms with Gasteiger partial charge in [-0.15, -0.1) is 0 Å². The molecule has 0 aliphatic rings. The minimum atomic E-state index is -0.291. The molecule has 0 saturated carbocycles. The van der Waals surface area contributed by atoms with E-state index in [1.807, 2.05) is 18.2 Å². The monoisotopic (exact) mass is 314 g/mol. The van der Waals surface area contributed by atoms with Crippen molar-refractivity contribution >= 4 is 27.9 Å². The van der Waals surface area contributed by atoms with Gasteiger partial charge in [0.1, 0.15) is 0 Å². The molecule has 4 nitrogen and oxygen atoms in total. The number of halogens is 1. The fourth-order valence-electron chi connectivity index (χ4n) is 1.53. The van der Waals surface area contributed by atoms with Crippen LogP contribution in [-0.2, 0) is 31.9 Å². The lowest BCUT2D eigenvalue weighted by Gasteiger charge is -2.08. The van der Waals surface area contributed by atoms with E-state index in [1.54, 1.807) is 0 Å². The highest BCUT2D eigenvalue weighted by molar-refractivity contribution is 9.10. The third-order valence-corrected chi connectivity index (χ3v) is 3.57. The van der Waals surface area contributed by atoms with Gasteiger partial charge in [-0.2, -0.15) is 0 Å². The Hall–Kier alpha value is -1.36. The van der Waals surface area contributed by atoms with E-state index in [1.165, 1.54) is 14.2 Å². The van der Waals surface area contributed by atoms with Gasteiger partial charge in [0.15, 0.2) is 0 Å². The van der Waals surface area contributed by atoms with Crippen LogP contribution in [0.5, 0.6) is 0 Å². The second-order valence-electron chi connectivity index (χ2n) is 3.72. The van der Waals surface area contributed by atoms with Crippen LogP contribution in [-0.4, -0.2) is 26.2 Å². The molecule has 0 unspecified atom stereocenters. The molecule has 0 heterocycles. The zero-order valence-corrected chi connectivity index (χ0v) is 12.0.